The molecule has 1 heterocycles. The van der Waals surface area contributed by atoms with Gasteiger partial charge in [0, 0.05) is 23.7 Å². The Hall–Kier alpha value is -1.86. The van der Waals surface area contributed by atoms with Crippen molar-refractivity contribution in [1.29, 1.82) is 0 Å². The Morgan fingerprint density at radius 1 is 1.32 bits per heavy atom. The van der Waals surface area contributed by atoms with Gasteiger partial charge in [0.1, 0.15) is 29.9 Å². The van der Waals surface area contributed by atoms with Crippen LogP contribution in [0.2, 0.25) is 0 Å². The average Bonchev–Trinajstić information content (AvgIpc) is 2.90. The molecule has 0 aliphatic heterocycles. The summed E-state index contributed by atoms with van der Waals surface area (Å²) in [6, 6.07) is 2.76. The first-order valence-corrected chi connectivity index (χ1v) is 7.09. The molecule has 1 aromatic carbocycles. The maximum Gasteiger partial charge on any atom is 0.137 e. The van der Waals surface area contributed by atoms with Gasteiger partial charge in [-0.15, -0.1) is 0 Å². The second-order valence-corrected chi connectivity index (χ2v) is 5.68. The quantitative estimate of drug-likeness (QED) is 0.854. The molecule has 0 amide bonds. The Labute approximate surface area is 128 Å². The number of aromatic nitrogens is 3. The molecule has 0 radical (unpaired) electrons. The summed E-state index contributed by atoms with van der Waals surface area (Å²) in [6.07, 6.45) is 2.77. The van der Waals surface area contributed by atoms with Crippen molar-refractivity contribution >= 4 is 0 Å². The van der Waals surface area contributed by atoms with Gasteiger partial charge in [0.2, 0.25) is 0 Å². The van der Waals surface area contributed by atoms with Gasteiger partial charge < -0.3 is 10.4 Å². The fourth-order valence-corrected chi connectivity index (χ4v) is 2.50. The zero-order valence-corrected chi connectivity index (χ0v) is 12.8. The van der Waals surface area contributed by atoms with E-state index >= 15 is 0 Å². The minimum absolute atomic E-state index is 0.00353. The summed E-state index contributed by atoms with van der Waals surface area (Å²) < 4.78 is 28.8. The lowest BCUT2D eigenvalue weighted by molar-refractivity contribution is -0.0223. The Morgan fingerprint density at radius 2 is 2.05 bits per heavy atom. The first-order chi connectivity index (χ1) is 10.3. The number of nitrogens with zero attached hydrogens (tertiary/aromatic N) is 3. The standard InChI is InChI=1S/C15H20F2N4O/c1-10(2)20-11(3)15(22,7-21-9-18-8-19-21)13-5-4-12(16)6-14(13)17/h4-6,8-11,20,22H,7H2,1-3H3/t11-,15-/m1/s1. The predicted molar refractivity (Wildman–Crippen MR) is 78.0 cm³/mol. The van der Waals surface area contributed by atoms with Gasteiger partial charge in [0.15, 0.2) is 0 Å². The van der Waals surface area contributed by atoms with Gasteiger partial charge in [0.25, 0.3) is 0 Å². The molecule has 0 aliphatic carbocycles. The van der Waals surface area contributed by atoms with Crippen LogP contribution in [-0.4, -0.2) is 32.0 Å². The number of halogens is 2. The smallest absolute Gasteiger partial charge is 0.137 e. The molecule has 7 heteroatoms. The Morgan fingerprint density at radius 3 is 2.59 bits per heavy atom. The van der Waals surface area contributed by atoms with Crippen LogP contribution in [0.3, 0.4) is 0 Å². The normalized spacial score (nSPS) is 15.8. The van der Waals surface area contributed by atoms with Gasteiger partial charge >= 0.3 is 0 Å². The molecule has 0 aliphatic rings. The Kier molecular flexibility index (Phi) is 4.87. The van der Waals surface area contributed by atoms with E-state index in [0.717, 1.165) is 12.1 Å². The van der Waals surface area contributed by atoms with Crippen molar-refractivity contribution < 1.29 is 13.9 Å². The maximum absolute atomic E-state index is 14.2. The average molecular weight is 310 g/mol. The minimum atomic E-state index is -1.60. The lowest BCUT2D eigenvalue weighted by Crippen LogP contribution is -2.52. The van der Waals surface area contributed by atoms with E-state index in [9.17, 15) is 13.9 Å². The molecule has 22 heavy (non-hydrogen) atoms. The Balaban J connectivity index is 2.43. The van der Waals surface area contributed by atoms with Crippen LogP contribution in [0.4, 0.5) is 8.78 Å². The van der Waals surface area contributed by atoms with Crippen LogP contribution in [0.25, 0.3) is 0 Å². The van der Waals surface area contributed by atoms with Crippen LogP contribution in [-0.2, 0) is 12.1 Å². The van der Waals surface area contributed by atoms with Crippen molar-refractivity contribution in [1.82, 2.24) is 20.1 Å². The van der Waals surface area contributed by atoms with E-state index in [4.69, 9.17) is 0 Å². The highest BCUT2D eigenvalue weighted by molar-refractivity contribution is 5.27. The molecule has 0 unspecified atom stereocenters. The van der Waals surface area contributed by atoms with Crippen molar-refractivity contribution in [2.45, 2.75) is 45.0 Å². The third-order valence-electron chi connectivity index (χ3n) is 3.57. The summed E-state index contributed by atoms with van der Waals surface area (Å²) >= 11 is 0. The molecule has 2 aromatic rings. The predicted octanol–water partition coefficient (Wildman–Crippen LogP) is 1.83. The highest BCUT2D eigenvalue weighted by Gasteiger charge is 2.39. The fourth-order valence-electron chi connectivity index (χ4n) is 2.50. The summed E-state index contributed by atoms with van der Waals surface area (Å²) in [5.41, 5.74) is -1.58. The van der Waals surface area contributed by atoms with Crippen molar-refractivity contribution in [2.24, 2.45) is 0 Å². The van der Waals surface area contributed by atoms with Crippen LogP contribution in [0, 0.1) is 11.6 Å². The zero-order valence-electron chi connectivity index (χ0n) is 12.8. The second-order valence-electron chi connectivity index (χ2n) is 5.68. The minimum Gasteiger partial charge on any atom is -0.381 e. The molecule has 2 atom stereocenters. The maximum atomic E-state index is 14.2. The first kappa shape index (κ1) is 16.5. The van der Waals surface area contributed by atoms with Crippen LogP contribution >= 0.6 is 0 Å². The van der Waals surface area contributed by atoms with Crippen LogP contribution < -0.4 is 5.32 Å². The second kappa shape index (κ2) is 6.50. The number of nitrogens with one attached hydrogen (secondary N) is 1. The SMILES string of the molecule is CC(C)N[C@H](C)[C@](O)(Cn1cncn1)c1ccc(F)cc1F. The fraction of sp³-hybridized carbons (Fsp3) is 0.467. The first-order valence-electron chi connectivity index (χ1n) is 7.09. The van der Waals surface area contributed by atoms with E-state index in [-0.39, 0.29) is 18.2 Å². The van der Waals surface area contributed by atoms with Gasteiger partial charge in [-0.3, -0.25) is 0 Å². The number of hydrogen-bond donors (Lipinski definition) is 2. The molecule has 0 bridgehead atoms. The van der Waals surface area contributed by atoms with E-state index in [1.165, 1.54) is 23.4 Å². The highest BCUT2D eigenvalue weighted by atomic mass is 19.1. The van der Waals surface area contributed by atoms with E-state index in [1.54, 1.807) is 6.92 Å². The van der Waals surface area contributed by atoms with Gasteiger partial charge in [-0.2, -0.15) is 5.10 Å². The van der Waals surface area contributed by atoms with Gasteiger partial charge in [0.05, 0.1) is 6.54 Å². The van der Waals surface area contributed by atoms with E-state index < -0.39 is 23.3 Å². The van der Waals surface area contributed by atoms with Gasteiger partial charge in [-0.1, -0.05) is 19.9 Å². The third kappa shape index (κ3) is 3.48. The number of aliphatic hydroxyl groups is 1. The summed E-state index contributed by atoms with van der Waals surface area (Å²) in [6.45, 7) is 5.59. The molecular weight excluding hydrogens is 290 g/mol. The summed E-state index contributed by atoms with van der Waals surface area (Å²) in [5.74, 6) is -1.48. The Bertz CT molecular complexity index is 618. The molecule has 1 aromatic heterocycles. The van der Waals surface area contributed by atoms with E-state index in [2.05, 4.69) is 15.4 Å². The van der Waals surface area contributed by atoms with Gasteiger partial charge in [-0.25, -0.2) is 18.4 Å². The van der Waals surface area contributed by atoms with Crippen LogP contribution in [0.15, 0.2) is 30.9 Å². The molecular formula is C15H20F2N4O. The lowest BCUT2D eigenvalue weighted by Gasteiger charge is -2.36. The molecule has 2 N–H and O–H groups in total. The van der Waals surface area contributed by atoms with Crippen molar-refractivity contribution in [3.8, 4) is 0 Å². The molecule has 0 saturated heterocycles. The summed E-state index contributed by atoms with van der Waals surface area (Å²) in [7, 11) is 0. The van der Waals surface area contributed by atoms with E-state index in [1.807, 2.05) is 13.8 Å². The topological polar surface area (TPSA) is 63.0 Å². The molecule has 120 valence electrons. The van der Waals surface area contributed by atoms with Crippen LogP contribution in [0.5, 0.6) is 0 Å². The molecule has 2 rings (SSSR count). The number of rotatable bonds is 6. The van der Waals surface area contributed by atoms with Crippen molar-refractivity contribution in [2.75, 3.05) is 0 Å². The molecule has 0 fully saturated rings. The monoisotopic (exact) mass is 310 g/mol. The number of benzene rings is 1. The summed E-state index contributed by atoms with van der Waals surface area (Å²) in [5, 5.41) is 18.3. The summed E-state index contributed by atoms with van der Waals surface area (Å²) in [4.78, 5) is 3.82. The highest BCUT2D eigenvalue weighted by Crippen LogP contribution is 2.30. The zero-order chi connectivity index (χ0) is 16.3. The van der Waals surface area contributed by atoms with Crippen molar-refractivity contribution in [3.05, 3.63) is 48.1 Å². The third-order valence-corrected chi connectivity index (χ3v) is 3.57. The lowest BCUT2D eigenvalue weighted by atomic mass is 9.86. The largest absolute Gasteiger partial charge is 0.381 e. The molecule has 0 spiro atoms. The van der Waals surface area contributed by atoms with Crippen LogP contribution in [0.1, 0.15) is 26.3 Å². The molecule has 0 saturated carbocycles. The van der Waals surface area contributed by atoms with Crippen molar-refractivity contribution in [3.63, 3.8) is 0 Å². The van der Waals surface area contributed by atoms with E-state index in [0.29, 0.717) is 0 Å². The molecule has 5 nitrogen and oxygen atoms in total. The number of hydrogen-bond acceptors (Lipinski definition) is 4. The van der Waals surface area contributed by atoms with Gasteiger partial charge in [-0.05, 0) is 13.0 Å².